The zero-order chi connectivity index (χ0) is 25.1. The van der Waals surface area contributed by atoms with Gasteiger partial charge in [-0.05, 0) is 32.1 Å². The molecule has 0 saturated heterocycles. The Hall–Kier alpha value is -1.54. The van der Waals surface area contributed by atoms with Crippen molar-refractivity contribution < 1.29 is 57.4 Å². The molecule has 0 aliphatic rings. The van der Waals surface area contributed by atoms with Gasteiger partial charge in [0.15, 0.2) is 0 Å². The Bertz CT molecular complexity index is 765. The van der Waals surface area contributed by atoms with Gasteiger partial charge in [-0.1, -0.05) is 0 Å². The van der Waals surface area contributed by atoms with Gasteiger partial charge in [0.2, 0.25) is 0 Å². The monoisotopic (exact) mass is 505 g/mol. The predicted molar refractivity (Wildman–Crippen MR) is 108 cm³/mol. The van der Waals surface area contributed by atoms with E-state index in [9.17, 15) is 28.3 Å². The standard InChI is InChI=1S/C15H29N3O12P2/c16-9(3-1-7-31(23,24)25)13(20)29-12(19)6-5-11(18)15(22)30-14(21)10(17)4-2-8-32(26,27)28/h9-11H,1-8,16-18H2,(H2,23,24,25)(H2,26,27,28)/t9?,10?,11-/m0/s1. The second-order valence-electron chi connectivity index (χ2n) is 6.95. The molecule has 0 aliphatic carbocycles. The molecule has 17 heteroatoms. The summed E-state index contributed by atoms with van der Waals surface area (Å²) in [6.45, 7) is 0. The number of rotatable bonds is 14. The number of carbonyl (C=O) groups is 4. The topological polar surface area (TPSA) is 280 Å². The predicted octanol–water partition coefficient (Wildman–Crippen LogP) is -2.20. The lowest BCUT2D eigenvalue weighted by Crippen LogP contribution is -2.40. The van der Waals surface area contributed by atoms with Crippen LogP contribution >= 0.6 is 15.2 Å². The van der Waals surface area contributed by atoms with Crippen molar-refractivity contribution in [3.8, 4) is 0 Å². The second-order valence-corrected chi connectivity index (χ2v) is 10.5. The minimum atomic E-state index is -4.24. The van der Waals surface area contributed by atoms with Crippen molar-refractivity contribution in [3.63, 3.8) is 0 Å². The first kappa shape index (κ1) is 30.5. The van der Waals surface area contributed by atoms with Gasteiger partial charge in [-0.25, -0.2) is 14.4 Å². The molecule has 0 aromatic heterocycles. The second kappa shape index (κ2) is 13.9. The maximum Gasteiger partial charge on any atom is 0.330 e. The maximum atomic E-state index is 11.8. The first-order valence-corrected chi connectivity index (χ1v) is 13.0. The van der Waals surface area contributed by atoms with Crippen LogP contribution in [0.4, 0.5) is 0 Å². The third kappa shape index (κ3) is 15.3. The van der Waals surface area contributed by atoms with Crippen molar-refractivity contribution >= 4 is 39.1 Å². The molecule has 0 radical (unpaired) electrons. The SMILES string of the molecule is NC(CCCP(=O)(O)O)C(=O)OC(=O)CC[C@H](N)C(=O)OC(=O)C(N)CCCP(=O)(O)O. The molecule has 0 spiro atoms. The Labute approximate surface area is 183 Å². The van der Waals surface area contributed by atoms with Gasteiger partial charge in [0, 0.05) is 18.7 Å². The van der Waals surface area contributed by atoms with Gasteiger partial charge >= 0.3 is 39.1 Å². The van der Waals surface area contributed by atoms with Crippen LogP contribution in [0.2, 0.25) is 0 Å². The highest BCUT2D eigenvalue weighted by Crippen LogP contribution is 2.36. The Kier molecular flexibility index (Phi) is 13.2. The molecule has 0 aromatic rings. The first-order chi connectivity index (χ1) is 14.5. The number of hydrogen-bond donors (Lipinski definition) is 7. The molecule has 15 nitrogen and oxygen atoms in total. The summed E-state index contributed by atoms with van der Waals surface area (Å²) in [5.74, 6) is -4.54. The zero-order valence-corrected chi connectivity index (χ0v) is 18.9. The average molecular weight is 505 g/mol. The molecule has 0 bridgehead atoms. The Morgan fingerprint density at radius 1 is 0.656 bits per heavy atom. The average Bonchev–Trinajstić information content (AvgIpc) is 2.63. The van der Waals surface area contributed by atoms with E-state index in [-0.39, 0.29) is 32.1 Å². The summed E-state index contributed by atoms with van der Waals surface area (Å²) in [6.07, 6.45) is -2.24. The van der Waals surface area contributed by atoms with Crippen molar-refractivity contribution in [3.05, 3.63) is 0 Å². The van der Waals surface area contributed by atoms with Crippen LogP contribution in [0.3, 0.4) is 0 Å². The van der Waals surface area contributed by atoms with Crippen LogP contribution in [0.15, 0.2) is 0 Å². The van der Waals surface area contributed by atoms with Crippen LogP contribution in [-0.4, -0.2) is 73.9 Å². The fraction of sp³-hybridized carbons (Fsp3) is 0.733. The van der Waals surface area contributed by atoms with Gasteiger partial charge in [-0.2, -0.15) is 0 Å². The summed E-state index contributed by atoms with van der Waals surface area (Å²) >= 11 is 0. The molecule has 3 atom stereocenters. The van der Waals surface area contributed by atoms with Crippen molar-refractivity contribution in [2.45, 2.75) is 56.7 Å². The van der Waals surface area contributed by atoms with Crippen molar-refractivity contribution in [1.82, 2.24) is 0 Å². The molecule has 10 N–H and O–H groups in total. The van der Waals surface area contributed by atoms with E-state index in [1.54, 1.807) is 0 Å². The molecular weight excluding hydrogens is 476 g/mol. The Morgan fingerprint density at radius 2 is 1.00 bits per heavy atom. The third-order valence-corrected chi connectivity index (χ3v) is 5.71. The van der Waals surface area contributed by atoms with E-state index in [1.807, 2.05) is 0 Å². The summed E-state index contributed by atoms with van der Waals surface area (Å²) in [5, 5.41) is 0. The zero-order valence-electron chi connectivity index (χ0n) is 17.1. The highest BCUT2D eigenvalue weighted by atomic mass is 31.2. The maximum absolute atomic E-state index is 11.8. The lowest BCUT2D eigenvalue weighted by Gasteiger charge is -2.14. The van der Waals surface area contributed by atoms with Crippen LogP contribution in [-0.2, 0) is 37.8 Å². The first-order valence-electron chi connectivity index (χ1n) is 9.37. The number of esters is 4. The minimum absolute atomic E-state index is 0.0685. The summed E-state index contributed by atoms with van der Waals surface area (Å²) in [6, 6.07) is -4.03. The Balaban J connectivity index is 4.29. The number of nitrogens with two attached hydrogens (primary N) is 3. The van der Waals surface area contributed by atoms with Crippen molar-refractivity contribution in [1.29, 1.82) is 0 Å². The van der Waals surface area contributed by atoms with Crippen LogP contribution in [0.1, 0.15) is 38.5 Å². The van der Waals surface area contributed by atoms with E-state index in [4.69, 9.17) is 36.8 Å². The molecule has 0 aromatic carbocycles. The lowest BCUT2D eigenvalue weighted by molar-refractivity contribution is -0.161. The fourth-order valence-electron chi connectivity index (χ4n) is 2.15. The molecule has 0 aliphatic heterocycles. The van der Waals surface area contributed by atoms with E-state index in [0.717, 1.165) is 0 Å². The highest BCUT2D eigenvalue weighted by molar-refractivity contribution is 7.52. The molecule has 0 fully saturated rings. The van der Waals surface area contributed by atoms with Crippen LogP contribution in [0, 0.1) is 0 Å². The minimum Gasteiger partial charge on any atom is -0.392 e. The van der Waals surface area contributed by atoms with Crippen LogP contribution in [0.25, 0.3) is 0 Å². The molecule has 186 valence electrons. The van der Waals surface area contributed by atoms with E-state index < -0.39 is 75.9 Å². The number of carbonyl (C=O) groups excluding carboxylic acids is 4. The number of ether oxygens (including phenoxy) is 2. The Morgan fingerprint density at radius 3 is 1.38 bits per heavy atom. The van der Waals surface area contributed by atoms with E-state index in [0.29, 0.717) is 0 Å². The van der Waals surface area contributed by atoms with Gasteiger partial charge in [0.05, 0.1) is 0 Å². The van der Waals surface area contributed by atoms with Gasteiger partial charge in [0.25, 0.3) is 0 Å². The van der Waals surface area contributed by atoms with Crippen LogP contribution < -0.4 is 17.2 Å². The van der Waals surface area contributed by atoms with Crippen molar-refractivity contribution in [2.24, 2.45) is 17.2 Å². The summed E-state index contributed by atoms with van der Waals surface area (Å²) < 4.78 is 30.4. The smallest absolute Gasteiger partial charge is 0.330 e. The summed E-state index contributed by atoms with van der Waals surface area (Å²) in [7, 11) is -8.48. The van der Waals surface area contributed by atoms with Gasteiger partial charge < -0.3 is 46.2 Å². The van der Waals surface area contributed by atoms with Gasteiger partial charge in [-0.3, -0.25) is 13.9 Å². The van der Waals surface area contributed by atoms with Gasteiger partial charge in [-0.15, -0.1) is 0 Å². The number of hydrogen-bond acceptors (Lipinski definition) is 11. The van der Waals surface area contributed by atoms with Gasteiger partial charge in [0.1, 0.15) is 18.1 Å². The van der Waals surface area contributed by atoms with E-state index >= 15 is 0 Å². The fourth-order valence-corrected chi connectivity index (χ4v) is 3.34. The quantitative estimate of drug-likeness (QED) is 0.0749. The largest absolute Gasteiger partial charge is 0.392 e. The molecule has 0 heterocycles. The highest BCUT2D eigenvalue weighted by Gasteiger charge is 2.26. The molecule has 2 unspecified atom stereocenters. The summed E-state index contributed by atoms with van der Waals surface area (Å²) in [4.78, 5) is 81.7. The van der Waals surface area contributed by atoms with E-state index in [1.165, 1.54) is 0 Å². The lowest BCUT2D eigenvalue weighted by atomic mass is 10.1. The molecule has 0 saturated carbocycles. The van der Waals surface area contributed by atoms with Crippen molar-refractivity contribution in [2.75, 3.05) is 12.3 Å². The van der Waals surface area contributed by atoms with Crippen LogP contribution in [0.5, 0.6) is 0 Å². The molecule has 0 rings (SSSR count). The normalized spacial score (nSPS) is 14.8. The summed E-state index contributed by atoms with van der Waals surface area (Å²) in [5.41, 5.74) is 16.4. The van der Waals surface area contributed by atoms with E-state index in [2.05, 4.69) is 9.47 Å². The molecular formula is C15H29N3O12P2. The molecule has 32 heavy (non-hydrogen) atoms. The molecule has 0 amide bonds. The third-order valence-electron chi connectivity index (χ3n) is 3.91.